The molecule has 0 spiro atoms. The standard InChI is InChI=1S/C15H19N3O/c1-18-15(14-4-3-9-16-14)13(10-17-18)11-5-7-12(19-2)8-6-11/h5-8,10,14,16H,3-4,9H2,1-2H3. The number of rotatable bonds is 3. The van der Waals surface area contributed by atoms with E-state index in [1.807, 2.05) is 30.1 Å². The van der Waals surface area contributed by atoms with Crippen LogP contribution in [0.4, 0.5) is 0 Å². The van der Waals surface area contributed by atoms with Gasteiger partial charge in [-0.2, -0.15) is 5.10 Å². The van der Waals surface area contributed by atoms with E-state index in [2.05, 4.69) is 22.5 Å². The van der Waals surface area contributed by atoms with Crippen LogP contribution in [0.25, 0.3) is 11.1 Å². The number of aryl methyl sites for hydroxylation is 1. The van der Waals surface area contributed by atoms with Gasteiger partial charge in [0.2, 0.25) is 0 Å². The van der Waals surface area contributed by atoms with Crippen molar-refractivity contribution >= 4 is 0 Å². The van der Waals surface area contributed by atoms with Gasteiger partial charge in [-0.1, -0.05) is 12.1 Å². The van der Waals surface area contributed by atoms with Gasteiger partial charge in [0, 0.05) is 18.7 Å². The highest BCUT2D eigenvalue weighted by Crippen LogP contribution is 2.32. The van der Waals surface area contributed by atoms with Crippen molar-refractivity contribution in [2.24, 2.45) is 7.05 Å². The maximum absolute atomic E-state index is 5.21. The third-order valence-electron chi connectivity index (χ3n) is 3.78. The van der Waals surface area contributed by atoms with Crippen LogP contribution in [0.1, 0.15) is 24.6 Å². The average molecular weight is 257 g/mol. The lowest BCUT2D eigenvalue weighted by Gasteiger charge is -2.14. The number of nitrogens with one attached hydrogen (secondary N) is 1. The summed E-state index contributed by atoms with van der Waals surface area (Å²) < 4.78 is 7.20. The lowest BCUT2D eigenvalue weighted by atomic mass is 10.0. The molecule has 1 fully saturated rings. The summed E-state index contributed by atoms with van der Waals surface area (Å²) in [6.07, 6.45) is 4.37. The molecule has 0 amide bonds. The lowest BCUT2D eigenvalue weighted by molar-refractivity contribution is 0.415. The SMILES string of the molecule is COc1ccc(-c2cnn(C)c2C2CCCN2)cc1. The molecule has 1 saturated heterocycles. The fourth-order valence-corrected chi connectivity index (χ4v) is 2.77. The van der Waals surface area contributed by atoms with E-state index in [1.165, 1.54) is 29.7 Å². The molecule has 1 aliphatic rings. The third kappa shape index (κ3) is 2.24. The zero-order valence-corrected chi connectivity index (χ0v) is 11.4. The van der Waals surface area contributed by atoms with Crippen molar-refractivity contribution in [3.05, 3.63) is 36.2 Å². The molecule has 19 heavy (non-hydrogen) atoms. The van der Waals surface area contributed by atoms with E-state index in [0.717, 1.165) is 12.3 Å². The molecule has 2 aromatic rings. The van der Waals surface area contributed by atoms with E-state index in [4.69, 9.17) is 4.74 Å². The molecule has 0 bridgehead atoms. The van der Waals surface area contributed by atoms with Gasteiger partial charge in [-0.15, -0.1) is 0 Å². The first kappa shape index (κ1) is 12.2. The highest BCUT2D eigenvalue weighted by Gasteiger charge is 2.23. The molecule has 4 heteroatoms. The largest absolute Gasteiger partial charge is 0.497 e. The second kappa shape index (κ2) is 5.05. The van der Waals surface area contributed by atoms with Gasteiger partial charge in [0.05, 0.1) is 19.0 Å². The first-order chi connectivity index (χ1) is 9.29. The van der Waals surface area contributed by atoms with Crippen LogP contribution in [-0.4, -0.2) is 23.4 Å². The molecule has 4 nitrogen and oxygen atoms in total. The predicted molar refractivity (Wildman–Crippen MR) is 75.2 cm³/mol. The molecule has 0 saturated carbocycles. The fourth-order valence-electron chi connectivity index (χ4n) is 2.77. The van der Waals surface area contributed by atoms with Crippen molar-refractivity contribution in [1.29, 1.82) is 0 Å². The molecule has 3 rings (SSSR count). The molecule has 1 aromatic carbocycles. The van der Waals surface area contributed by atoms with Crippen LogP contribution in [0.5, 0.6) is 5.75 Å². The van der Waals surface area contributed by atoms with Gasteiger partial charge in [-0.05, 0) is 37.1 Å². The zero-order valence-electron chi connectivity index (χ0n) is 11.4. The Labute approximate surface area is 113 Å². The Morgan fingerprint density at radius 1 is 1.32 bits per heavy atom. The minimum atomic E-state index is 0.421. The maximum atomic E-state index is 5.21. The number of hydrogen-bond acceptors (Lipinski definition) is 3. The summed E-state index contributed by atoms with van der Waals surface area (Å²) >= 11 is 0. The van der Waals surface area contributed by atoms with Gasteiger partial charge < -0.3 is 10.1 Å². The van der Waals surface area contributed by atoms with Crippen LogP contribution >= 0.6 is 0 Å². The van der Waals surface area contributed by atoms with E-state index >= 15 is 0 Å². The summed E-state index contributed by atoms with van der Waals surface area (Å²) in [7, 11) is 3.70. The van der Waals surface area contributed by atoms with Crippen LogP contribution in [-0.2, 0) is 7.05 Å². The number of hydrogen-bond donors (Lipinski definition) is 1. The number of aromatic nitrogens is 2. The smallest absolute Gasteiger partial charge is 0.118 e. The average Bonchev–Trinajstić information content (AvgIpc) is 3.08. The van der Waals surface area contributed by atoms with Gasteiger partial charge in [0.1, 0.15) is 5.75 Å². The first-order valence-corrected chi connectivity index (χ1v) is 6.69. The van der Waals surface area contributed by atoms with E-state index < -0.39 is 0 Å². The lowest BCUT2D eigenvalue weighted by Crippen LogP contribution is -2.17. The van der Waals surface area contributed by atoms with E-state index in [0.29, 0.717) is 6.04 Å². The Bertz CT molecular complexity index is 553. The topological polar surface area (TPSA) is 39.1 Å². The molecule has 0 radical (unpaired) electrons. The second-order valence-electron chi connectivity index (χ2n) is 4.94. The van der Waals surface area contributed by atoms with Crippen LogP contribution in [0.3, 0.4) is 0 Å². The van der Waals surface area contributed by atoms with E-state index in [1.54, 1.807) is 7.11 Å². The van der Waals surface area contributed by atoms with Gasteiger partial charge in [-0.25, -0.2) is 0 Å². The quantitative estimate of drug-likeness (QED) is 0.918. The van der Waals surface area contributed by atoms with Crippen molar-refractivity contribution in [3.8, 4) is 16.9 Å². The van der Waals surface area contributed by atoms with Crippen molar-refractivity contribution in [2.45, 2.75) is 18.9 Å². The minimum Gasteiger partial charge on any atom is -0.497 e. The van der Waals surface area contributed by atoms with Gasteiger partial charge in [0.15, 0.2) is 0 Å². The first-order valence-electron chi connectivity index (χ1n) is 6.69. The molecule has 1 aliphatic heterocycles. The molecule has 1 atom stereocenters. The number of methoxy groups -OCH3 is 1. The van der Waals surface area contributed by atoms with Gasteiger partial charge in [0.25, 0.3) is 0 Å². The van der Waals surface area contributed by atoms with Crippen LogP contribution in [0.2, 0.25) is 0 Å². The summed E-state index contributed by atoms with van der Waals surface area (Å²) in [6, 6.07) is 8.59. The van der Waals surface area contributed by atoms with Crippen LogP contribution in [0, 0.1) is 0 Å². The van der Waals surface area contributed by atoms with E-state index in [9.17, 15) is 0 Å². The Morgan fingerprint density at radius 3 is 2.74 bits per heavy atom. The van der Waals surface area contributed by atoms with Crippen molar-refractivity contribution in [1.82, 2.24) is 15.1 Å². The highest BCUT2D eigenvalue weighted by atomic mass is 16.5. The Morgan fingerprint density at radius 2 is 2.11 bits per heavy atom. The van der Waals surface area contributed by atoms with Crippen molar-refractivity contribution in [3.63, 3.8) is 0 Å². The zero-order chi connectivity index (χ0) is 13.2. The summed E-state index contributed by atoms with van der Waals surface area (Å²) in [5, 5.41) is 7.97. The number of benzene rings is 1. The Hall–Kier alpha value is -1.81. The monoisotopic (exact) mass is 257 g/mol. The summed E-state index contributed by atoms with van der Waals surface area (Å²) in [5.41, 5.74) is 3.69. The van der Waals surface area contributed by atoms with Crippen LogP contribution < -0.4 is 10.1 Å². The number of ether oxygens (including phenoxy) is 1. The summed E-state index contributed by atoms with van der Waals surface area (Å²) in [6.45, 7) is 1.10. The number of nitrogens with zero attached hydrogens (tertiary/aromatic N) is 2. The summed E-state index contributed by atoms with van der Waals surface area (Å²) in [4.78, 5) is 0. The normalized spacial score (nSPS) is 18.7. The van der Waals surface area contributed by atoms with Crippen LogP contribution in [0.15, 0.2) is 30.5 Å². The maximum Gasteiger partial charge on any atom is 0.118 e. The molecular formula is C15H19N3O. The minimum absolute atomic E-state index is 0.421. The Balaban J connectivity index is 1.99. The predicted octanol–water partition coefficient (Wildman–Crippen LogP) is 2.52. The molecule has 1 N–H and O–H groups in total. The van der Waals surface area contributed by atoms with Gasteiger partial charge in [-0.3, -0.25) is 4.68 Å². The second-order valence-corrected chi connectivity index (χ2v) is 4.94. The molecule has 100 valence electrons. The van der Waals surface area contributed by atoms with Crippen molar-refractivity contribution < 1.29 is 4.74 Å². The van der Waals surface area contributed by atoms with Gasteiger partial charge >= 0.3 is 0 Å². The molecule has 2 heterocycles. The molecule has 1 unspecified atom stereocenters. The summed E-state index contributed by atoms with van der Waals surface area (Å²) in [5.74, 6) is 0.883. The molecular weight excluding hydrogens is 238 g/mol. The van der Waals surface area contributed by atoms with Crippen molar-refractivity contribution in [2.75, 3.05) is 13.7 Å². The Kier molecular flexibility index (Phi) is 3.25. The molecule has 0 aliphatic carbocycles. The third-order valence-corrected chi connectivity index (χ3v) is 3.78. The highest BCUT2D eigenvalue weighted by molar-refractivity contribution is 5.66. The molecule has 1 aromatic heterocycles. The fraction of sp³-hybridized carbons (Fsp3) is 0.400. The van der Waals surface area contributed by atoms with E-state index in [-0.39, 0.29) is 0 Å².